The first-order chi connectivity index (χ1) is 18.5. The number of ether oxygens (including phenoxy) is 2. The van der Waals surface area contributed by atoms with Gasteiger partial charge in [-0.2, -0.15) is 35.1 Å². The summed E-state index contributed by atoms with van der Waals surface area (Å²) in [6, 6.07) is 13.7. The molecule has 0 aliphatic rings. The highest BCUT2D eigenvalue weighted by Gasteiger charge is 2.79. The molecular weight excluding hydrogens is 556 g/mol. The molecule has 13 heteroatoms. The van der Waals surface area contributed by atoms with Crippen LogP contribution in [0, 0.1) is 5.92 Å². The van der Waals surface area contributed by atoms with Crippen LogP contribution in [0.5, 0.6) is 5.75 Å². The number of fused-ring (bicyclic) bond motifs is 1. The average Bonchev–Trinajstić information content (AvgIpc) is 2.88. The summed E-state index contributed by atoms with van der Waals surface area (Å²) in [6.07, 6.45) is -4.15. The lowest BCUT2D eigenvalue weighted by Gasteiger charge is -2.36. The Kier molecular flexibility index (Phi) is 8.85. The molecule has 0 N–H and O–H groups in total. The smallest absolute Gasteiger partial charge is 0.378 e. The molecule has 0 saturated carbocycles. The van der Waals surface area contributed by atoms with Gasteiger partial charge in [0.2, 0.25) is 0 Å². The molecule has 2 aromatic carbocycles. The third-order valence-corrected chi connectivity index (χ3v) is 5.92. The highest BCUT2D eigenvalue weighted by Crippen LogP contribution is 2.54. The minimum atomic E-state index is -6.49. The van der Waals surface area contributed by atoms with Crippen LogP contribution < -0.4 is 10.4 Å². The van der Waals surface area contributed by atoms with Crippen LogP contribution in [0.15, 0.2) is 63.8 Å². The topological polar surface area (TPSA) is 65.7 Å². The largest absolute Gasteiger partial charge is 0.493 e. The lowest BCUT2D eigenvalue weighted by Crippen LogP contribution is -2.62. The van der Waals surface area contributed by atoms with Gasteiger partial charge in [0.1, 0.15) is 11.3 Å². The Morgan fingerprint density at radius 2 is 1.40 bits per heavy atom. The Morgan fingerprint density at radius 3 is 1.98 bits per heavy atom. The second-order valence-corrected chi connectivity index (χ2v) is 9.24. The Labute approximate surface area is 222 Å². The van der Waals surface area contributed by atoms with Gasteiger partial charge in [0.05, 0.1) is 37.5 Å². The van der Waals surface area contributed by atoms with Crippen molar-refractivity contribution in [2.24, 2.45) is 5.92 Å². The maximum Gasteiger partial charge on any atom is 0.378 e. The van der Waals surface area contributed by atoms with Crippen molar-refractivity contribution in [2.45, 2.75) is 50.4 Å². The molecule has 0 saturated heterocycles. The standard InChI is InChI=1S/C27H24F8O5/c1-16(2)22(36)39-13-11-25(30,31)27(34,35)26(32,33)24(28,29)10-12-38-19-9-8-18-14-20(17-6-4-3-5-7-17)23(37)40-21(18)15-19/h3-9,14-16H,10-13H2,1-2H3. The zero-order valence-corrected chi connectivity index (χ0v) is 21.2. The Bertz CT molecular complexity index is 1390. The van der Waals surface area contributed by atoms with Crippen LogP contribution >= 0.6 is 0 Å². The summed E-state index contributed by atoms with van der Waals surface area (Å²) in [6.45, 7) is -0.0356. The van der Waals surface area contributed by atoms with Crippen molar-refractivity contribution >= 4 is 16.9 Å². The van der Waals surface area contributed by atoms with Crippen LogP contribution in [0.1, 0.15) is 26.7 Å². The fourth-order valence-corrected chi connectivity index (χ4v) is 3.52. The zero-order chi connectivity index (χ0) is 29.9. The molecule has 0 spiro atoms. The number of halogens is 8. The van der Waals surface area contributed by atoms with Gasteiger partial charge >= 0.3 is 35.3 Å². The first-order valence-corrected chi connectivity index (χ1v) is 11.9. The van der Waals surface area contributed by atoms with E-state index in [1.165, 1.54) is 32.0 Å². The summed E-state index contributed by atoms with van der Waals surface area (Å²) in [7, 11) is 0. The lowest BCUT2D eigenvalue weighted by molar-refractivity contribution is -0.369. The summed E-state index contributed by atoms with van der Waals surface area (Å²) in [5, 5.41) is 0.406. The fraction of sp³-hybridized carbons (Fsp3) is 0.407. The molecular formula is C27H24F8O5. The number of carbonyl (C=O) groups is 1. The number of carbonyl (C=O) groups excluding carboxylic acids is 1. The number of hydrogen-bond donors (Lipinski definition) is 0. The van der Waals surface area contributed by atoms with Crippen LogP contribution in [0.4, 0.5) is 35.1 Å². The SMILES string of the molecule is CC(C)C(=O)OCCC(F)(F)C(F)(F)C(F)(F)C(F)(F)CCOc1ccc2cc(-c3ccccc3)c(=O)oc2c1. The number of alkyl halides is 8. The maximum atomic E-state index is 14.2. The van der Waals surface area contributed by atoms with Gasteiger partial charge < -0.3 is 13.9 Å². The predicted molar refractivity (Wildman–Crippen MR) is 128 cm³/mol. The molecule has 0 aliphatic heterocycles. The minimum Gasteiger partial charge on any atom is -0.493 e. The molecule has 0 fully saturated rings. The van der Waals surface area contributed by atoms with Crippen molar-refractivity contribution in [3.63, 3.8) is 0 Å². The highest BCUT2D eigenvalue weighted by molar-refractivity contribution is 5.82. The first kappa shape index (κ1) is 30.9. The van der Waals surface area contributed by atoms with Gasteiger partial charge in [-0.1, -0.05) is 44.2 Å². The van der Waals surface area contributed by atoms with Crippen molar-refractivity contribution < 1.29 is 53.8 Å². The molecule has 0 amide bonds. The number of esters is 1. The Morgan fingerprint density at radius 1 is 0.825 bits per heavy atom. The van der Waals surface area contributed by atoms with Crippen LogP contribution in [0.3, 0.4) is 0 Å². The van der Waals surface area contributed by atoms with Crippen molar-refractivity contribution in [1.29, 1.82) is 0 Å². The van der Waals surface area contributed by atoms with E-state index in [4.69, 9.17) is 9.15 Å². The van der Waals surface area contributed by atoms with Crippen LogP contribution in [0.2, 0.25) is 0 Å². The van der Waals surface area contributed by atoms with E-state index in [9.17, 15) is 44.7 Å². The maximum absolute atomic E-state index is 14.2. The van der Waals surface area contributed by atoms with E-state index in [2.05, 4.69) is 4.74 Å². The van der Waals surface area contributed by atoms with E-state index in [1.807, 2.05) is 0 Å². The second kappa shape index (κ2) is 11.5. The van der Waals surface area contributed by atoms with Crippen LogP contribution in [-0.4, -0.2) is 42.9 Å². The predicted octanol–water partition coefficient (Wildman–Crippen LogP) is 7.36. The van der Waals surface area contributed by atoms with E-state index in [-0.39, 0.29) is 16.9 Å². The molecule has 0 bridgehead atoms. The van der Waals surface area contributed by atoms with Gasteiger partial charge in [0.25, 0.3) is 0 Å². The molecule has 5 nitrogen and oxygen atoms in total. The third-order valence-electron chi connectivity index (χ3n) is 5.92. The van der Waals surface area contributed by atoms with E-state index in [0.29, 0.717) is 10.9 Å². The summed E-state index contributed by atoms with van der Waals surface area (Å²) in [5.41, 5.74) is 0.0350. The van der Waals surface area contributed by atoms with E-state index in [1.54, 1.807) is 30.3 Å². The van der Waals surface area contributed by atoms with E-state index < -0.39 is 67.3 Å². The second-order valence-electron chi connectivity index (χ2n) is 9.24. The third kappa shape index (κ3) is 6.23. The summed E-state index contributed by atoms with van der Waals surface area (Å²) in [5.74, 6) is -26.3. The monoisotopic (exact) mass is 580 g/mol. The van der Waals surface area contributed by atoms with E-state index >= 15 is 0 Å². The quantitative estimate of drug-likeness (QED) is 0.127. The van der Waals surface area contributed by atoms with Gasteiger partial charge in [-0.25, -0.2) is 4.79 Å². The molecule has 3 rings (SSSR count). The molecule has 0 atom stereocenters. The Hall–Kier alpha value is -3.64. The highest BCUT2D eigenvalue weighted by atomic mass is 19.4. The molecule has 1 aromatic heterocycles. The fourth-order valence-electron chi connectivity index (χ4n) is 3.52. The molecule has 0 aliphatic carbocycles. The normalized spacial score (nSPS) is 13.1. The molecule has 3 aromatic rings. The van der Waals surface area contributed by atoms with Crippen molar-refractivity contribution in [1.82, 2.24) is 0 Å². The van der Waals surface area contributed by atoms with Crippen LogP contribution in [-0.2, 0) is 9.53 Å². The van der Waals surface area contributed by atoms with Crippen molar-refractivity contribution in [2.75, 3.05) is 13.2 Å². The zero-order valence-electron chi connectivity index (χ0n) is 21.2. The molecule has 0 unspecified atom stereocenters. The average molecular weight is 580 g/mol. The Balaban J connectivity index is 1.68. The summed E-state index contributed by atoms with van der Waals surface area (Å²) < 4.78 is 127. The number of benzene rings is 2. The van der Waals surface area contributed by atoms with Gasteiger partial charge in [0, 0.05) is 11.5 Å². The molecule has 1 heterocycles. The summed E-state index contributed by atoms with van der Waals surface area (Å²) in [4.78, 5) is 23.6. The number of hydrogen-bond acceptors (Lipinski definition) is 5. The van der Waals surface area contributed by atoms with Gasteiger partial charge in [0.15, 0.2) is 0 Å². The van der Waals surface area contributed by atoms with Gasteiger partial charge in [-0.15, -0.1) is 0 Å². The molecule has 0 radical (unpaired) electrons. The minimum absolute atomic E-state index is 0.0383. The lowest BCUT2D eigenvalue weighted by atomic mass is 9.95. The van der Waals surface area contributed by atoms with Crippen molar-refractivity contribution in [3.05, 3.63) is 65.0 Å². The van der Waals surface area contributed by atoms with Crippen molar-refractivity contribution in [3.8, 4) is 16.9 Å². The molecule has 218 valence electrons. The van der Waals surface area contributed by atoms with Gasteiger partial charge in [-0.05, 0) is 23.8 Å². The first-order valence-electron chi connectivity index (χ1n) is 11.9. The molecule has 40 heavy (non-hydrogen) atoms. The van der Waals surface area contributed by atoms with Gasteiger partial charge in [-0.3, -0.25) is 4.79 Å². The van der Waals surface area contributed by atoms with Crippen LogP contribution in [0.25, 0.3) is 22.1 Å². The summed E-state index contributed by atoms with van der Waals surface area (Å²) >= 11 is 0. The number of rotatable bonds is 12. The van der Waals surface area contributed by atoms with E-state index in [0.717, 1.165) is 6.07 Å².